The largest absolute Gasteiger partial charge is 0.453 e. The van der Waals surface area contributed by atoms with Crippen LogP contribution in [0.2, 0.25) is 0 Å². The predicted molar refractivity (Wildman–Crippen MR) is 61.8 cm³/mol. The standard InChI is InChI=1S/C13H14O3/c1-8-5-4-6-10-7-11(16-13(8)10)12(14)9(2)15-3/h4-7,9H,1-3H3. The molecule has 2 aromatic rings. The van der Waals surface area contributed by atoms with Gasteiger partial charge >= 0.3 is 0 Å². The van der Waals surface area contributed by atoms with Gasteiger partial charge in [0.1, 0.15) is 11.7 Å². The first-order chi connectivity index (χ1) is 7.63. The Kier molecular flexibility index (Phi) is 2.79. The van der Waals surface area contributed by atoms with Crippen molar-refractivity contribution in [3.8, 4) is 0 Å². The Morgan fingerprint density at radius 2 is 2.19 bits per heavy atom. The minimum atomic E-state index is -0.471. The maximum absolute atomic E-state index is 11.8. The van der Waals surface area contributed by atoms with Gasteiger partial charge in [0, 0.05) is 12.5 Å². The van der Waals surface area contributed by atoms with Gasteiger partial charge < -0.3 is 9.15 Å². The van der Waals surface area contributed by atoms with Crippen LogP contribution in [0.15, 0.2) is 28.7 Å². The molecule has 0 bridgehead atoms. The lowest BCUT2D eigenvalue weighted by Gasteiger charge is -2.04. The summed E-state index contributed by atoms with van der Waals surface area (Å²) >= 11 is 0. The Morgan fingerprint density at radius 1 is 1.44 bits per heavy atom. The number of carbonyl (C=O) groups excluding carboxylic acids is 1. The highest BCUT2D eigenvalue weighted by Gasteiger charge is 2.19. The van der Waals surface area contributed by atoms with Gasteiger partial charge in [-0.3, -0.25) is 4.79 Å². The second-order valence-corrected chi connectivity index (χ2v) is 3.85. The molecule has 2 rings (SSSR count). The lowest BCUT2D eigenvalue weighted by atomic mass is 10.1. The Bertz CT molecular complexity index is 525. The van der Waals surface area contributed by atoms with Gasteiger partial charge in [0.05, 0.1) is 0 Å². The van der Waals surface area contributed by atoms with Gasteiger partial charge in [-0.05, 0) is 25.5 Å². The number of furan rings is 1. The summed E-state index contributed by atoms with van der Waals surface area (Å²) in [5.41, 5.74) is 1.80. The fourth-order valence-electron chi connectivity index (χ4n) is 1.64. The fourth-order valence-corrected chi connectivity index (χ4v) is 1.64. The van der Waals surface area contributed by atoms with Gasteiger partial charge in [-0.15, -0.1) is 0 Å². The average Bonchev–Trinajstić information content (AvgIpc) is 2.72. The zero-order valence-electron chi connectivity index (χ0n) is 9.61. The van der Waals surface area contributed by atoms with Crippen molar-refractivity contribution in [2.75, 3.05) is 7.11 Å². The number of Topliss-reactive ketones (excluding diaryl/α,β-unsaturated/α-hetero) is 1. The molecule has 0 aliphatic carbocycles. The van der Waals surface area contributed by atoms with Crippen molar-refractivity contribution < 1.29 is 13.9 Å². The van der Waals surface area contributed by atoms with Crippen LogP contribution in [0.3, 0.4) is 0 Å². The van der Waals surface area contributed by atoms with E-state index in [1.54, 1.807) is 13.0 Å². The van der Waals surface area contributed by atoms with Gasteiger partial charge in [-0.2, -0.15) is 0 Å². The van der Waals surface area contributed by atoms with E-state index in [4.69, 9.17) is 9.15 Å². The second-order valence-electron chi connectivity index (χ2n) is 3.85. The van der Waals surface area contributed by atoms with E-state index < -0.39 is 6.10 Å². The average molecular weight is 218 g/mol. The number of rotatable bonds is 3. The van der Waals surface area contributed by atoms with E-state index in [9.17, 15) is 4.79 Å². The highest BCUT2D eigenvalue weighted by Crippen LogP contribution is 2.23. The van der Waals surface area contributed by atoms with Crippen molar-refractivity contribution in [3.05, 3.63) is 35.6 Å². The number of benzene rings is 1. The summed E-state index contributed by atoms with van der Waals surface area (Å²) in [6.45, 7) is 3.67. The summed E-state index contributed by atoms with van der Waals surface area (Å²) in [6.07, 6.45) is -0.471. The summed E-state index contributed by atoms with van der Waals surface area (Å²) in [5.74, 6) is 0.233. The van der Waals surface area contributed by atoms with E-state index in [1.165, 1.54) is 7.11 Å². The molecule has 0 radical (unpaired) electrons. The third-order valence-corrected chi connectivity index (χ3v) is 2.71. The number of para-hydroxylation sites is 1. The minimum absolute atomic E-state index is 0.127. The maximum atomic E-state index is 11.8. The van der Waals surface area contributed by atoms with E-state index in [0.717, 1.165) is 16.5 Å². The normalized spacial score (nSPS) is 12.9. The number of carbonyl (C=O) groups is 1. The summed E-state index contributed by atoms with van der Waals surface area (Å²) in [6, 6.07) is 7.60. The molecule has 0 aliphatic heterocycles. The molecule has 0 saturated carbocycles. The summed E-state index contributed by atoms with van der Waals surface area (Å²) in [7, 11) is 1.51. The predicted octanol–water partition coefficient (Wildman–Crippen LogP) is 2.96. The zero-order chi connectivity index (χ0) is 11.7. The van der Waals surface area contributed by atoms with Crippen molar-refractivity contribution in [2.45, 2.75) is 20.0 Å². The minimum Gasteiger partial charge on any atom is -0.453 e. The number of ketones is 1. The molecule has 1 atom stereocenters. The van der Waals surface area contributed by atoms with Gasteiger partial charge in [-0.25, -0.2) is 0 Å². The lowest BCUT2D eigenvalue weighted by molar-refractivity contribution is 0.0629. The highest BCUT2D eigenvalue weighted by atomic mass is 16.5. The molecular formula is C13H14O3. The van der Waals surface area contributed by atoms with Crippen LogP contribution < -0.4 is 0 Å². The van der Waals surface area contributed by atoms with Crippen LogP contribution in [0.25, 0.3) is 11.0 Å². The summed E-state index contributed by atoms with van der Waals surface area (Å²) < 4.78 is 10.5. The number of hydrogen-bond acceptors (Lipinski definition) is 3. The van der Waals surface area contributed by atoms with Crippen LogP contribution in [0.5, 0.6) is 0 Å². The van der Waals surface area contributed by atoms with Gasteiger partial charge in [0.15, 0.2) is 5.76 Å². The van der Waals surface area contributed by atoms with E-state index in [0.29, 0.717) is 5.76 Å². The van der Waals surface area contributed by atoms with Crippen molar-refractivity contribution in [1.82, 2.24) is 0 Å². The first-order valence-corrected chi connectivity index (χ1v) is 5.19. The Labute approximate surface area is 94.0 Å². The molecule has 0 saturated heterocycles. The highest BCUT2D eigenvalue weighted by molar-refractivity contribution is 6.00. The molecule has 3 heteroatoms. The van der Waals surface area contributed by atoms with Gasteiger partial charge in [0.2, 0.25) is 5.78 Å². The molecule has 0 aliphatic rings. The quantitative estimate of drug-likeness (QED) is 0.743. The third kappa shape index (κ3) is 1.74. The molecule has 84 valence electrons. The number of ether oxygens (including phenoxy) is 1. The zero-order valence-corrected chi connectivity index (χ0v) is 9.61. The van der Waals surface area contributed by atoms with Crippen LogP contribution in [0, 0.1) is 6.92 Å². The summed E-state index contributed by atoms with van der Waals surface area (Å²) in [5, 5.41) is 0.951. The summed E-state index contributed by atoms with van der Waals surface area (Å²) in [4.78, 5) is 11.8. The van der Waals surface area contributed by atoms with Crippen LogP contribution in [0.4, 0.5) is 0 Å². The van der Waals surface area contributed by atoms with Gasteiger partial charge in [-0.1, -0.05) is 18.2 Å². The Morgan fingerprint density at radius 3 is 2.81 bits per heavy atom. The number of hydrogen-bond donors (Lipinski definition) is 0. The molecule has 3 nitrogen and oxygen atoms in total. The second kappa shape index (κ2) is 4.10. The van der Waals surface area contributed by atoms with Crippen LogP contribution in [-0.4, -0.2) is 19.0 Å². The molecule has 1 unspecified atom stereocenters. The molecule has 1 aromatic carbocycles. The first-order valence-electron chi connectivity index (χ1n) is 5.19. The monoisotopic (exact) mass is 218 g/mol. The maximum Gasteiger partial charge on any atom is 0.226 e. The smallest absolute Gasteiger partial charge is 0.226 e. The van der Waals surface area contributed by atoms with Crippen molar-refractivity contribution in [1.29, 1.82) is 0 Å². The van der Waals surface area contributed by atoms with E-state index in [-0.39, 0.29) is 5.78 Å². The van der Waals surface area contributed by atoms with Crippen molar-refractivity contribution >= 4 is 16.8 Å². The molecule has 0 amide bonds. The molecule has 1 aromatic heterocycles. The van der Waals surface area contributed by atoms with Crippen molar-refractivity contribution in [2.24, 2.45) is 0 Å². The molecule has 0 N–H and O–H groups in total. The Balaban J connectivity index is 2.48. The fraction of sp³-hybridized carbons (Fsp3) is 0.308. The number of fused-ring (bicyclic) bond motifs is 1. The molecule has 16 heavy (non-hydrogen) atoms. The van der Waals surface area contributed by atoms with Crippen LogP contribution >= 0.6 is 0 Å². The lowest BCUT2D eigenvalue weighted by Crippen LogP contribution is -2.18. The number of aryl methyl sites for hydroxylation is 1. The van der Waals surface area contributed by atoms with E-state index in [2.05, 4.69) is 0 Å². The molecule has 0 fully saturated rings. The Hall–Kier alpha value is -1.61. The van der Waals surface area contributed by atoms with E-state index >= 15 is 0 Å². The molecule has 1 heterocycles. The molecule has 0 spiro atoms. The van der Waals surface area contributed by atoms with E-state index in [1.807, 2.05) is 25.1 Å². The van der Waals surface area contributed by atoms with Crippen LogP contribution in [0.1, 0.15) is 23.0 Å². The first kappa shape index (κ1) is 10.9. The van der Waals surface area contributed by atoms with Crippen molar-refractivity contribution in [3.63, 3.8) is 0 Å². The molecular weight excluding hydrogens is 204 g/mol. The SMILES string of the molecule is COC(C)C(=O)c1cc2cccc(C)c2o1. The van der Waals surface area contributed by atoms with Crippen LogP contribution in [-0.2, 0) is 4.74 Å². The third-order valence-electron chi connectivity index (χ3n) is 2.71. The topological polar surface area (TPSA) is 39.4 Å². The number of methoxy groups -OCH3 is 1. The van der Waals surface area contributed by atoms with Gasteiger partial charge in [0.25, 0.3) is 0 Å².